The molecule has 0 spiro atoms. The number of carbonyl (C=O) groups is 1. The lowest BCUT2D eigenvalue weighted by atomic mass is 9.85. The summed E-state index contributed by atoms with van der Waals surface area (Å²) in [5, 5.41) is 1.61. The lowest BCUT2D eigenvalue weighted by Gasteiger charge is -2.25. The number of para-hydroxylation sites is 1. The zero-order valence-electron chi connectivity index (χ0n) is 14.9. The van der Waals surface area contributed by atoms with Crippen LogP contribution in [0.3, 0.4) is 0 Å². The number of aryl methyl sites for hydroxylation is 1. The predicted molar refractivity (Wildman–Crippen MR) is 104 cm³/mol. The fourth-order valence-corrected chi connectivity index (χ4v) is 3.93. The van der Waals surface area contributed by atoms with Crippen LogP contribution in [-0.2, 0) is 4.79 Å². The number of aromatic nitrogens is 1. The Kier molecular flexibility index (Phi) is 3.49. The van der Waals surface area contributed by atoms with Crippen molar-refractivity contribution in [2.24, 2.45) is 0 Å². The SMILES string of the molecule is Cc1cc(=O)oc2c3c(ccc12)OC(=O)C[C@H]3c1cc2ccccc2[nH]c1=O. The number of rotatable bonds is 1. The van der Waals surface area contributed by atoms with Gasteiger partial charge in [-0.3, -0.25) is 9.59 Å². The number of carbonyl (C=O) groups excluding carboxylic acids is 1. The highest BCUT2D eigenvalue weighted by Crippen LogP contribution is 2.42. The minimum absolute atomic E-state index is 0.00874. The van der Waals surface area contributed by atoms with Crippen LogP contribution in [0.4, 0.5) is 0 Å². The van der Waals surface area contributed by atoms with Gasteiger partial charge in [-0.25, -0.2) is 4.79 Å². The van der Waals surface area contributed by atoms with Crippen LogP contribution >= 0.6 is 0 Å². The van der Waals surface area contributed by atoms with Crippen molar-refractivity contribution in [1.29, 1.82) is 0 Å². The molecule has 6 heteroatoms. The number of hydrogen-bond donors (Lipinski definition) is 1. The number of hydrogen-bond acceptors (Lipinski definition) is 5. The van der Waals surface area contributed by atoms with E-state index in [0.717, 1.165) is 21.9 Å². The lowest BCUT2D eigenvalue weighted by molar-refractivity contribution is -0.135. The molecule has 0 bridgehead atoms. The van der Waals surface area contributed by atoms with Crippen molar-refractivity contribution in [1.82, 2.24) is 4.98 Å². The number of aromatic amines is 1. The van der Waals surface area contributed by atoms with Crippen LogP contribution < -0.4 is 15.9 Å². The quantitative estimate of drug-likeness (QED) is 0.314. The fourth-order valence-electron chi connectivity index (χ4n) is 3.93. The highest BCUT2D eigenvalue weighted by molar-refractivity contribution is 5.90. The molecule has 0 amide bonds. The van der Waals surface area contributed by atoms with Gasteiger partial charge in [-0.15, -0.1) is 0 Å². The average molecular weight is 373 g/mol. The van der Waals surface area contributed by atoms with Crippen LogP contribution in [0, 0.1) is 6.92 Å². The van der Waals surface area contributed by atoms with Crippen LogP contribution in [0.15, 0.2) is 62.5 Å². The first-order valence-corrected chi connectivity index (χ1v) is 8.91. The molecule has 28 heavy (non-hydrogen) atoms. The average Bonchev–Trinajstić information content (AvgIpc) is 2.66. The van der Waals surface area contributed by atoms with Gasteiger partial charge < -0.3 is 14.1 Å². The third kappa shape index (κ3) is 2.45. The summed E-state index contributed by atoms with van der Waals surface area (Å²) in [6.45, 7) is 1.82. The van der Waals surface area contributed by atoms with Gasteiger partial charge in [-0.05, 0) is 42.1 Å². The van der Waals surface area contributed by atoms with Crippen molar-refractivity contribution in [3.63, 3.8) is 0 Å². The molecule has 1 aliphatic heterocycles. The summed E-state index contributed by atoms with van der Waals surface area (Å²) in [4.78, 5) is 39.9. The second kappa shape index (κ2) is 5.92. The van der Waals surface area contributed by atoms with E-state index in [2.05, 4.69) is 4.98 Å². The van der Waals surface area contributed by atoms with Gasteiger partial charge in [0.05, 0.1) is 6.42 Å². The topological polar surface area (TPSA) is 89.4 Å². The molecule has 0 fully saturated rings. The molecule has 0 saturated heterocycles. The van der Waals surface area contributed by atoms with Crippen molar-refractivity contribution in [2.45, 2.75) is 19.3 Å². The third-order valence-corrected chi connectivity index (χ3v) is 5.22. The molecule has 4 aromatic rings. The maximum absolute atomic E-state index is 12.8. The molecule has 0 radical (unpaired) electrons. The van der Waals surface area contributed by atoms with Crippen molar-refractivity contribution < 1.29 is 13.9 Å². The maximum Gasteiger partial charge on any atom is 0.336 e. The minimum atomic E-state index is -0.571. The first-order valence-electron chi connectivity index (χ1n) is 8.91. The van der Waals surface area contributed by atoms with E-state index in [1.807, 2.05) is 31.2 Å². The number of benzene rings is 2. The fraction of sp³-hybridized carbons (Fsp3) is 0.136. The van der Waals surface area contributed by atoms with E-state index in [1.54, 1.807) is 18.2 Å². The maximum atomic E-state index is 12.8. The molecule has 0 saturated carbocycles. The molecule has 138 valence electrons. The summed E-state index contributed by atoms with van der Waals surface area (Å²) >= 11 is 0. The number of pyridine rings is 1. The normalized spacial score (nSPS) is 16.2. The van der Waals surface area contributed by atoms with Crippen molar-refractivity contribution in [2.75, 3.05) is 0 Å². The highest BCUT2D eigenvalue weighted by Gasteiger charge is 2.33. The van der Waals surface area contributed by atoms with E-state index >= 15 is 0 Å². The Balaban J connectivity index is 1.85. The first-order chi connectivity index (χ1) is 13.5. The monoisotopic (exact) mass is 373 g/mol. The highest BCUT2D eigenvalue weighted by atomic mass is 16.5. The van der Waals surface area contributed by atoms with E-state index in [0.29, 0.717) is 22.5 Å². The van der Waals surface area contributed by atoms with E-state index in [9.17, 15) is 14.4 Å². The molecule has 1 atom stereocenters. The number of H-pyrrole nitrogens is 1. The minimum Gasteiger partial charge on any atom is -0.426 e. The van der Waals surface area contributed by atoms with Crippen molar-refractivity contribution in [3.8, 4) is 5.75 Å². The molecule has 1 aliphatic rings. The summed E-state index contributed by atoms with van der Waals surface area (Å²) < 4.78 is 10.9. The van der Waals surface area contributed by atoms with Crippen LogP contribution in [0.25, 0.3) is 21.9 Å². The van der Waals surface area contributed by atoms with Gasteiger partial charge in [0, 0.05) is 34.0 Å². The first kappa shape index (κ1) is 16.5. The summed E-state index contributed by atoms with van der Waals surface area (Å²) in [6.07, 6.45) is -0.00874. The summed E-state index contributed by atoms with van der Waals surface area (Å²) in [6, 6.07) is 14.1. The van der Waals surface area contributed by atoms with E-state index in [4.69, 9.17) is 9.15 Å². The van der Waals surface area contributed by atoms with Gasteiger partial charge in [-0.1, -0.05) is 18.2 Å². The van der Waals surface area contributed by atoms with Crippen LogP contribution in [0.5, 0.6) is 5.75 Å². The zero-order chi connectivity index (χ0) is 19.4. The molecule has 0 unspecified atom stereocenters. The van der Waals surface area contributed by atoms with Crippen LogP contribution in [-0.4, -0.2) is 11.0 Å². The molecule has 2 aromatic heterocycles. The Morgan fingerprint density at radius 3 is 2.71 bits per heavy atom. The summed E-state index contributed by atoms with van der Waals surface area (Å²) in [5.41, 5.74) is 2.06. The molecular weight excluding hydrogens is 358 g/mol. The van der Waals surface area contributed by atoms with Gasteiger partial charge in [0.15, 0.2) is 0 Å². The van der Waals surface area contributed by atoms with Gasteiger partial charge in [0.25, 0.3) is 5.56 Å². The molecule has 3 heterocycles. The molecule has 5 rings (SSSR count). The lowest BCUT2D eigenvalue weighted by Crippen LogP contribution is -2.26. The molecule has 6 nitrogen and oxygen atoms in total. The molecule has 0 aliphatic carbocycles. The number of fused-ring (bicyclic) bond motifs is 4. The van der Waals surface area contributed by atoms with E-state index < -0.39 is 17.5 Å². The Hall–Kier alpha value is -3.67. The standard InChI is InChI=1S/C22H15NO5/c1-11-8-18(24)28-21-13(11)6-7-17-20(21)14(10-19(25)27-17)15-9-12-4-2-3-5-16(12)23-22(15)26/h2-9,14H,10H2,1H3,(H,23,26)/t14-/m0/s1. The molecule has 2 aromatic carbocycles. The Morgan fingerprint density at radius 2 is 1.86 bits per heavy atom. The van der Waals surface area contributed by atoms with Crippen LogP contribution in [0.2, 0.25) is 0 Å². The zero-order valence-corrected chi connectivity index (χ0v) is 14.9. The summed E-state index contributed by atoms with van der Waals surface area (Å²) in [5.74, 6) is -0.687. The second-order valence-electron chi connectivity index (χ2n) is 6.97. The van der Waals surface area contributed by atoms with E-state index in [-0.39, 0.29) is 12.0 Å². The van der Waals surface area contributed by atoms with Crippen molar-refractivity contribution >= 4 is 27.8 Å². The number of esters is 1. The molecular formula is C22H15NO5. The molecule has 1 N–H and O–H groups in total. The predicted octanol–water partition coefficient (Wildman–Crippen LogP) is 3.38. The van der Waals surface area contributed by atoms with Crippen LogP contribution in [0.1, 0.15) is 29.0 Å². The van der Waals surface area contributed by atoms with E-state index in [1.165, 1.54) is 6.07 Å². The van der Waals surface area contributed by atoms with Gasteiger partial charge in [0.2, 0.25) is 0 Å². The smallest absolute Gasteiger partial charge is 0.336 e. The largest absolute Gasteiger partial charge is 0.426 e. The Labute approximate surface area is 158 Å². The van der Waals surface area contributed by atoms with Gasteiger partial charge >= 0.3 is 11.6 Å². The van der Waals surface area contributed by atoms with Crippen molar-refractivity contribution in [3.05, 3.63) is 86.0 Å². The van der Waals surface area contributed by atoms with Gasteiger partial charge in [-0.2, -0.15) is 0 Å². The Morgan fingerprint density at radius 1 is 1.04 bits per heavy atom. The van der Waals surface area contributed by atoms with Gasteiger partial charge in [0.1, 0.15) is 11.3 Å². The summed E-state index contributed by atoms with van der Waals surface area (Å²) in [7, 11) is 0. The Bertz CT molecular complexity index is 1400. The second-order valence-corrected chi connectivity index (χ2v) is 6.97. The number of nitrogens with one attached hydrogen (secondary N) is 1. The number of ether oxygens (including phenoxy) is 1. The third-order valence-electron chi connectivity index (χ3n) is 5.22.